The summed E-state index contributed by atoms with van der Waals surface area (Å²) in [5, 5.41) is 0.899. The number of thiazole rings is 1. The zero-order valence-corrected chi connectivity index (χ0v) is 14.2. The van der Waals surface area contributed by atoms with Gasteiger partial charge in [-0.05, 0) is 33.1 Å². The topological polar surface area (TPSA) is 47.0 Å². The van der Waals surface area contributed by atoms with E-state index in [0.717, 1.165) is 34.7 Å². The number of hydrogen-bond acceptors (Lipinski definition) is 4. The van der Waals surface area contributed by atoms with Gasteiger partial charge in [-0.15, -0.1) is 11.3 Å². The number of fused-ring (bicyclic) bond motifs is 2. The molecule has 2 aliphatic carbocycles. The normalized spacial score (nSPS) is 26.8. The maximum Gasteiger partial charge on any atom is 0.152 e. The van der Waals surface area contributed by atoms with Crippen LogP contribution >= 0.6 is 11.3 Å². The molecular weight excluding hydrogens is 306 g/mol. The molecular formula is C19H19NO2S. The van der Waals surface area contributed by atoms with Crippen LogP contribution in [0.2, 0.25) is 0 Å². The van der Waals surface area contributed by atoms with E-state index in [-0.39, 0.29) is 23.4 Å². The minimum absolute atomic E-state index is 0.0756. The molecule has 1 aromatic carbocycles. The quantitative estimate of drug-likeness (QED) is 0.782. The summed E-state index contributed by atoms with van der Waals surface area (Å²) < 4.78 is 0. The Morgan fingerprint density at radius 2 is 1.61 bits per heavy atom. The third-order valence-electron chi connectivity index (χ3n) is 5.21. The number of rotatable bonds is 2. The highest BCUT2D eigenvalue weighted by Gasteiger charge is 2.48. The molecule has 0 saturated heterocycles. The number of aryl methyl sites for hydroxylation is 2. The Morgan fingerprint density at radius 1 is 1.00 bits per heavy atom. The van der Waals surface area contributed by atoms with Gasteiger partial charge < -0.3 is 0 Å². The van der Waals surface area contributed by atoms with Crippen molar-refractivity contribution in [1.29, 1.82) is 0 Å². The zero-order valence-electron chi connectivity index (χ0n) is 13.3. The van der Waals surface area contributed by atoms with Crippen LogP contribution < -0.4 is 0 Å². The van der Waals surface area contributed by atoms with Crippen LogP contribution in [0.1, 0.15) is 41.3 Å². The molecule has 2 unspecified atom stereocenters. The highest BCUT2D eigenvalue weighted by atomic mass is 32.1. The first kappa shape index (κ1) is 14.8. The van der Waals surface area contributed by atoms with Crippen molar-refractivity contribution < 1.29 is 9.59 Å². The molecule has 2 aliphatic rings. The van der Waals surface area contributed by atoms with Gasteiger partial charge in [0.2, 0.25) is 0 Å². The predicted octanol–water partition coefficient (Wildman–Crippen LogP) is 4.08. The second-order valence-electron chi connectivity index (χ2n) is 6.77. The average Bonchev–Trinajstić information content (AvgIpc) is 3.13. The van der Waals surface area contributed by atoms with Gasteiger partial charge in [0.25, 0.3) is 0 Å². The summed E-state index contributed by atoms with van der Waals surface area (Å²) in [5.41, 5.74) is 2.96. The third-order valence-corrected chi connectivity index (χ3v) is 6.25. The molecule has 2 bridgehead atoms. The summed E-state index contributed by atoms with van der Waals surface area (Å²) in [7, 11) is 0. The highest BCUT2D eigenvalue weighted by molar-refractivity contribution is 7.15. The van der Waals surface area contributed by atoms with Crippen LogP contribution in [0.5, 0.6) is 0 Å². The standard InChI is InChI=1S/C19H19NO2S/c1-10-3-5-12(6-4-10)19-20-16(11(2)23-19)15-17(21)13-7-8-14(9-13)18(15)22/h3-6,13-15H,7-9H2,1-2H3. The molecule has 0 spiro atoms. The molecule has 2 atom stereocenters. The van der Waals surface area contributed by atoms with E-state index in [4.69, 9.17) is 4.98 Å². The minimum Gasteiger partial charge on any atom is -0.298 e. The SMILES string of the molecule is Cc1ccc(-c2nc(C3C(=O)C4CCC(C4)C3=O)c(C)s2)cc1. The van der Waals surface area contributed by atoms with Gasteiger partial charge in [-0.1, -0.05) is 29.8 Å². The molecule has 0 amide bonds. The number of Topliss-reactive ketones (excluding diaryl/α,β-unsaturated/α-hetero) is 2. The minimum atomic E-state index is -0.614. The van der Waals surface area contributed by atoms with E-state index in [0.29, 0.717) is 5.69 Å². The Morgan fingerprint density at radius 3 is 2.22 bits per heavy atom. The molecule has 0 radical (unpaired) electrons. The second kappa shape index (κ2) is 5.38. The predicted molar refractivity (Wildman–Crippen MR) is 90.6 cm³/mol. The number of ketones is 2. The first-order valence-electron chi connectivity index (χ1n) is 8.16. The van der Waals surface area contributed by atoms with Gasteiger partial charge in [0.15, 0.2) is 11.6 Å². The van der Waals surface area contributed by atoms with Crippen LogP contribution in [0.3, 0.4) is 0 Å². The molecule has 0 N–H and O–H groups in total. The van der Waals surface area contributed by atoms with Crippen molar-refractivity contribution in [3.05, 3.63) is 40.4 Å². The van der Waals surface area contributed by atoms with Gasteiger partial charge >= 0.3 is 0 Å². The Kier molecular flexibility index (Phi) is 3.45. The Hall–Kier alpha value is -1.81. The van der Waals surface area contributed by atoms with Crippen molar-refractivity contribution in [2.45, 2.75) is 39.0 Å². The lowest BCUT2D eigenvalue weighted by molar-refractivity contribution is -0.136. The summed E-state index contributed by atoms with van der Waals surface area (Å²) in [6.07, 6.45) is 2.52. The summed E-state index contributed by atoms with van der Waals surface area (Å²) in [6, 6.07) is 8.21. The van der Waals surface area contributed by atoms with E-state index < -0.39 is 5.92 Å². The van der Waals surface area contributed by atoms with Gasteiger partial charge in [-0.2, -0.15) is 0 Å². The number of nitrogens with zero attached hydrogens (tertiary/aromatic N) is 1. The number of aromatic nitrogens is 1. The van der Waals surface area contributed by atoms with E-state index in [1.54, 1.807) is 11.3 Å². The fourth-order valence-electron chi connectivity index (χ4n) is 3.88. The number of carbonyl (C=O) groups excluding carboxylic acids is 2. The van der Waals surface area contributed by atoms with Crippen molar-refractivity contribution in [2.75, 3.05) is 0 Å². The molecule has 118 valence electrons. The van der Waals surface area contributed by atoms with Gasteiger partial charge in [0.1, 0.15) is 10.9 Å². The van der Waals surface area contributed by atoms with Gasteiger partial charge in [0.05, 0.1) is 5.69 Å². The average molecular weight is 325 g/mol. The van der Waals surface area contributed by atoms with E-state index in [2.05, 4.69) is 19.1 Å². The number of benzene rings is 1. The van der Waals surface area contributed by atoms with Crippen molar-refractivity contribution in [3.8, 4) is 10.6 Å². The fraction of sp³-hybridized carbons (Fsp3) is 0.421. The van der Waals surface area contributed by atoms with Crippen LogP contribution in [-0.2, 0) is 9.59 Å². The second-order valence-corrected chi connectivity index (χ2v) is 7.97. The Bertz CT molecular complexity index is 768. The molecule has 0 aliphatic heterocycles. The molecule has 2 aromatic rings. The molecule has 3 nitrogen and oxygen atoms in total. The van der Waals surface area contributed by atoms with Crippen molar-refractivity contribution in [2.24, 2.45) is 11.8 Å². The smallest absolute Gasteiger partial charge is 0.152 e. The van der Waals surface area contributed by atoms with Crippen molar-refractivity contribution in [3.63, 3.8) is 0 Å². The van der Waals surface area contributed by atoms with Gasteiger partial charge in [-0.3, -0.25) is 9.59 Å². The van der Waals surface area contributed by atoms with E-state index in [1.807, 2.05) is 19.1 Å². The number of carbonyl (C=O) groups is 2. The first-order valence-corrected chi connectivity index (χ1v) is 8.98. The summed E-state index contributed by atoms with van der Waals surface area (Å²) in [5.74, 6) is -0.254. The maximum atomic E-state index is 12.7. The van der Waals surface area contributed by atoms with E-state index in [1.165, 1.54) is 5.56 Å². The number of hydrogen-bond donors (Lipinski definition) is 0. The van der Waals surface area contributed by atoms with Crippen LogP contribution in [0.25, 0.3) is 10.6 Å². The van der Waals surface area contributed by atoms with Crippen LogP contribution in [0.4, 0.5) is 0 Å². The zero-order chi connectivity index (χ0) is 16.1. The lowest BCUT2D eigenvalue weighted by atomic mass is 9.77. The summed E-state index contributed by atoms with van der Waals surface area (Å²) in [4.78, 5) is 31.1. The summed E-state index contributed by atoms with van der Waals surface area (Å²) >= 11 is 1.58. The largest absolute Gasteiger partial charge is 0.298 e. The molecule has 23 heavy (non-hydrogen) atoms. The van der Waals surface area contributed by atoms with E-state index in [9.17, 15) is 9.59 Å². The molecule has 4 rings (SSSR count). The van der Waals surface area contributed by atoms with Gasteiger partial charge in [0, 0.05) is 22.3 Å². The lowest BCUT2D eigenvalue weighted by Crippen LogP contribution is -2.35. The third kappa shape index (κ3) is 2.36. The molecule has 1 heterocycles. The fourth-order valence-corrected chi connectivity index (χ4v) is 4.83. The van der Waals surface area contributed by atoms with Crippen molar-refractivity contribution >= 4 is 22.9 Å². The van der Waals surface area contributed by atoms with E-state index >= 15 is 0 Å². The lowest BCUT2D eigenvalue weighted by Gasteiger charge is -2.24. The van der Waals surface area contributed by atoms with Gasteiger partial charge in [-0.25, -0.2) is 4.98 Å². The Labute approximate surface area is 139 Å². The van der Waals surface area contributed by atoms with Crippen LogP contribution in [-0.4, -0.2) is 16.6 Å². The van der Waals surface area contributed by atoms with Crippen LogP contribution in [0.15, 0.2) is 24.3 Å². The molecule has 1 aromatic heterocycles. The van der Waals surface area contributed by atoms with Crippen LogP contribution in [0, 0.1) is 25.7 Å². The summed E-state index contributed by atoms with van der Waals surface area (Å²) in [6.45, 7) is 4.03. The molecule has 2 fully saturated rings. The monoisotopic (exact) mass is 325 g/mol. The van der Waals surface area contributed by atoms with Crippen molar-refractivity contribution in [1.82, 2.24) is 4.98 Å². The Balaban J connectivity index is 1.73. The maximum absolute atomic E-state index is 12.7. The highest BCUT2D eigenvalue weighted by Crippen LogP contribution is 2.45. The molecule has 2 saturated carbocycles. The molecule has 4 heteroatoms. The first-order chi connectivity index (χ1) is 11.0.